The summed E-state index contributed by atoms with van der Waals surface area (Å²) in [5.41, 5.74) is 2.08. The van der Waals surface area contributed by atoms with E-state index in [0.29, 0.717) is 12.1 Å². The smallest absolute Gasteiger partial charge is 0.160 e. The van der Waals surface area contributed by atoms with Gasteiger partial charge in [0.1, 0.15) is 11.3 Å². The lowest BCUT2D eigenvalue weighted by Gasteiger charge is -2.26. The number of likely N-dealkylation sites (N-methyl/N-ethyl adjacent to an activating group) is 1. The quantitative estimate of drug-likeness (QED) is 0.945. The van der Waals surface area contributed by atoms with Crippen molar-refractivity contribution in [1.82, 2.24) is 24.8 Å². The highest BCUT2D eigenvalue weighted by Crippen LogP contribution is 2.27. The molecule has 0 aliphatic carbocycles. The summed E-state index contributed by atoms with van der Waals surface area (Å²) in [6, 6.07) is 5.07. The molecule has 4 rings (SSSR count). The molecule has 2 aliphatic rings. The number of pyridine rings is 1. The zero-order valence-electron chi connectivity index (χ0n) is 13.3. The standard InChI is InChI=1S/C17H25N5/c1-21-11-5-6-13(21)12-22-16-15(8-4-10-19-16)20-17(22)14-7-2-3-9-18-14/h4,8,10,13-14,18H,2-3,5-7,9,11-12H2,1H3. The molecule has 0 saturated carbocycles. The molecule has 2 fully saturated rings. The van der Waals surface area contributed by atoms with Crippen LogP contribution in [0.5, 0.6) is 0 Å². The number of piperidine rings is 1. The number of hydrogen-bond donors (Lipinski definition) is 1. The Hall–Kier alpha value is -1.46. The van der Waals surface area contributed by atoms with Crippen LogP contribution in [-0.2, 0) is 6.54 Å². The third kappa shape index (κ3) is 2.52. The van der Waals surface area contributed by atoms with Crippen LogP contribution in [0.3, 0.4) is 0 Å². The van der Waals surface area contributed by atoms with Crippen molar-refractivity contribution in [2.45, 2.75) is 50.7 Å². The van der Waals surface area contributed by atoms with Gasteiger partial charge in [-0.1, -0.05) is 6.42 Å². The van der Waals surface area contributed by atoms with Crippen LogP contribution in [0.25, 0.3) is 11.2 Å². The summed E-state index contributed by atoms with van der Waals surface area (Å²) in [5, 5.41) is 3.65. The van der Waals surface area contributed by atoms with Crippen LogP contribution in [0.15, 0.2) is 18.3 Å². The van der Waals surface area contributed by atoms with Gasteiger partial charge in [0, 0.05) is 18.8 Å². The van der Waals surface area contributed by atoms with Crippen molar-refractivity contribution in [1.29, 1.82) is 0 Å². The van der Waals surface area contributed by atoms with Crippen LogP contribution in [0.4, 0.5) is 0 Å². The average Bonchev–Trinajstić information content (AvgIpc) is 3.13. The van der Waals surface area contributed by atoms with Crippen LogP contribution in [0, 0.1) is 0 Å². The lowest BCUT2D eigenvalue weighted by atomic mass is 10.0. The Morgan fingerprint density at radius 1 is 1.27 bits per heavy atom. The molecule has 0 spiro atoms. The molecule has 0 bridgehead atoms. The molecule has 2 atom stereocenters. The molecule has 5 nitrogen and oxygen atoms in total. The van der Waals surface area contributed by atoms with Gasteiger partial charge in [-0.15, -0.1) is 0 Å². The summed E-state index contributed by atoms with van der Waals surface area (Å²) in [7, 11) is 2.24. The Balaban J connectivity index is 1.72. The van der Waals surface area contributed by atoms with Crippen LogP contribution in [0.2, 0.25) is 0 Å². The summed E-state index contributed by atoms with van der Waals surface area (Å²) in [6.45, 7) is 3.32. The van der Waals surface area contributed by atoms with Crippen molar-refractivity contribution in [3.8, 4) is 0 Å². The van der Waals surface area contributed by atoms with E-state index < -0.39 is 0 Å². The first-order chi connectivity index (χ1) is 10.8. The Morgan fingerprint density at radius 3 is 3.00 bits per heavy atom. The predicted molar refractivity (Wildman–Crippen MR) is 87.8 cm³/mol. The molecule has 22 heavy (non-hydrogen) atoms. The number of rotatable bonds is 3. The van der Waals surface area contributed by atoms with Gasteiger partial charge < -0.3 is 14.8 Å². The van der Waals surface area contributed by atoms with E-state index in [0.717, 1.165) is 24.3 Å². The van der Waals surface area contributed by atoms with Crippen molar-refractivity contribution in [2.24, 2.45) is 0 Å². The molecular weight excluding hydrogens is 274 g/mol. The van der Waals surface area contributed by atoms with Crippen LogP contribution < -0.4 is 5.32 Å². The molecule has 2 aromatic heterocycles. The summed E-state index contributed by atoms with van der Waals surface area (Å²) >= 11 is 0. The highest BCUT2D eigenvalue weighted by atomic mass is 15.2. The van der Waals surface area contributed by atoms with Gasteiger partial charge in [-0.25, -0.2) is 9.97 Å². The van der Waals surface area contributed by atoms with Crippen LogP contribution in [-0.4, -0.2) is 45.6 Å². The summed E-state index contributed by atoms with van der Waals surface area (Å²) in [6.07, 6.45) is 8.22. The van der Waals surface area contributed by atoms with Crippen molar-refractivity contribution in [2.75, 3.05) is 20.1 Å². The van der Waals surface area contributed by atoms with E-state index in [1.807, 2.05) is 12.3 Å². The van der Waals surface area contributed by atoms with Gasteiger partial charge in [0.25, 0.3) is 0 Å². The summed E-state index contributed by atoms with van der Waals surface area (Å²) < 4.78 is 2.38. The first kappa shape index (κ1) is 14.2. The lowest BCUT2D eigenvalue weighted by Crippen LogP contribution is -2.33. The van der Waals surface area contributed by atoms with Crippen molar-refractivity contribution in [3.63, 3.8) is 0 Å². The van der Waals surface area contributed by atoms with Gasteiger partial charge in [-0.05, 0) is 58.0 Å². The molecule has 2 saturated heterocycles. The number of aromatic nitrogens is 3. The Kier molecular flexibility index (Phi) is 3.84. The van der Waals surface area contributed by atoms with Gasteiger partial charge in [0.2, 0.25) is 0 Å². The fourth-order valence-corrected chi connectivity index (χ4v) is 3.91. The molecule has 1 N–H and O–H groups in total. The Morgan fingerprint density at radius 2 is 2.23 bits per heavy atom. The molecule has 2 aliphatic heterocycles. The topological polar surface area (TPSA) is 46.0 Å². The largest absolute Gasteiger partial charge is 0.310 e. The van der Waals surface area contributed by atoms with Gasteiger partial charge in [0.05, 0.1) is 6.04 Å². The zero-order chi connectivity index (χ0) is 14.9. The minimum absolute atomic E-state index is 0.384. The third-order valence-electron chi connectivity index (χ3n) is 5.22. The van der Waals surface area contributed by atoms with Gasteiger partial charge in [-0.2, -0.15) is 0 Å². The number of imidazole rings is 1. The fourth-order valence-electron chi connectivity index (χ4n) is 3.91. The maximum atomic E-state index is 4.92. The van der Waals surface area contributed by atoms with E-state index in [9.17, 15) is 0 Å². The fraction of sp³-hybridized carbons (Fsp3) is 0.647. The Bertz CT molecular complexity index is 644. The van der Waals surface area contributed by atoms with Crippen LogP contribution >= 0.6 is 0 Å². The summed E-state index contributed by atoms with van der Waals surface area (Å²) in [4.78, 5) is 12.0. The second-order valence-electron chi connectivity index (χ2n) is 6.71. The van der Waals surface area contributed by atoms with E-state index in [1.54, 1.807) is 0 Å². The predicted octanol–water partition coefficient (Wildman–Crippen LogP) is 2.34. The number of nitrogens with zero attached hydrogens (tertiary/aromatic N) is 4. The normalized spacial score (nSPS) is 26.8. The minimum atomic E-state index is 0.384. The molecule has 0 amide bonds. The number of fused-ring (bicyclic) bond motifs is 1. The van der Waals surface area contributed by atoms with E-state index in [1.165, 1.54) is 44.5 Å². The molecule has 2 unspecified atom stereocenters. The molecule has 0 aromatic carbocycles. The van der Waals surface area contributed by atoms with Crippen molar-refractivity contribution >= 4 is 11.2 Å². The number of likely N-dealkylation sites (tertiary alicyclic amines) is 1. The lowest BCUT2D eigenvalue weighted by molar-refractivity contribution is 0.276. The van der Waals surface area contributed by atoms with Gasteiger partial charge >= 0.3 is 0 Å². The molecule has 2 aromatic rings. The summed E-state index contributed by atoms with van der Waals surface area (Å²) in [5.74, 6) is 1.19. The van der Waals surface area contributed by atoms with Gasteiger partial charge in [-0.3, -0.25) is 0 Å². The molecule has 5 heteroatoms. The first-order valence-electron chi connectivity index (χ1n) is 8.58. The van der Waals surface area contributed by atoms with Crippen LogP contribution in [0.1, 0.15) is 44.0 Å². The highest BCUT2D eigenvalue weighted by molar-refractivity contribution is 5.71. The highest BCUT2D eigenvalue weighted by Gasteiger charge is 2.27. The molecule has 0 radical (unpaired) electrons. The SMILES string of the molecule is CN1CCCC1Cn1c(C2CCCCN2)nc2cccnc21. The minimum Gasteiger partial charge on any atom is -0.310 e. The van der Waals surface area contributed by atoms with E-state index in [-0.39, 0.29) is 0 Å². The van der Waals surface area contributed by atoms with Gasteiger partial charge in [0.15, 0.2) is 5.65 Å². The molecule has 4 heterocycles. The first-order valence-corrected chi connectivity index (χ1v) is 8.58. The maximum absolute atomic E-state index is 4.92. The second-order valence-corrected chi connectivity index (χ2v) is 6.71. The molecule has 118 valence electrons. The average molecular weight is 299 g/mol. The maximum Gasteiger partial charge on any atom is 0.160 e. The van der Waals surface area contributed by atoms with E-state index in [2.05, 4.69) is 32.9 Å². The number of nitrogens with one attached hydrogen (secondary N) is 1. The van der Waals surface area contributed by atoms with Crippen molar-refractivity contribution < 1.29 is 0 Å². The van der Waals surface area contributed by atoms with E-state index >= 15 is 0 Å². The number of hydrogen-bond acceptors (Lipinski definition) is 4. The van der Waals surface area contributed by atoms with E-state index in [4.69, 9.17) is 4.98 Å². The Labute approximate surface area is 131 Å². The second kappa shape index (κ2) is 5.97. The molecular formula is C17H25N5. The monoisotopic (exact) mass is 299 g/mol. The third-order valence-corrected chi connectivity index (χ3v) is 5.22. The zero-order valence-corrected chi connectivity index (χ0v) is 13.3. The van der Waals surface area contributed by atoms with Crippen molar-refractivity contribution in [3.05, 3.63) is 24.2 Å².